The van der Waals surface area contributed by atoms with Crippen molar-refractivity contribution in [3.05, 3.63) is 41.2 Å². The number of thiazole rings is 1. The van der Waals surface area contributed by atoms with E-state index in [1.807, 2.05) is 29.9 Å². The number of imidazole rings is 1. The van der Waals surface area contributed by atoms with Crippen molar-refractivity contribution in [2.24, 2.45) is 0 Å². The number of rotatable bonds is 2. The van der Waals surface area contributed by atoms with Crippen LogP contribution in [0.2, 0.25) is 0 Å². The minimum Gasteiger partial charge on any atom is -0.306 e. The molecule has 4 nitrogen and oxygen atoms in total. The number of aryl methyl sites for hydroxylation is 1. The van der Waals surface area contributed by atoms with E-state index in [4.69, 9.17) is 0 Å². The van der Waals surface area contributed by atoms with Crippen LogP contribution in [0.1, 0.15) is 15.2 Å². The average Bonchev–Trinajstić information content (AvgIpc) is 2.93. The normalized spacial score (nSPS) is 10.9. The summed E-state index contributed by atoms with van der Waals surface area (Å²) in [6.45, 7) is 2.02. The first-order chi connectivity index (χ1) is 8.26. The van der Waals surface area contributed by atoms with Gasteiger partial charge in [-0.25, -0.2) is 9.97 Å². The van der Waals surface area contributed by atoms with Crippen LogP contribution in [-0.4, -0.2) is 20.7 Å². The number of hydrogen-bond acceptors (Lipinski definition) is 4. The number of fused-ring (bicyclic) bond motifs is 1. The van der Waals surface area contributed by atoms with E-state index in [0.29, 0.717) is 5.56 Å². The maximum absolute atomic E-state index is 10.7. The summed E-state index contributed by atoms with van der Waals surface area (Å²) in [7, 11) is 0. The third-order valence-corrected chi connectivity index (χ3v) is 3.40. The van der Waals surface area contributed by atoms with Crippen molar-refractivity contribution >= 4 is 23.3 Å². The highest BCUT2D eigenvalue weighted by atomic mass is 32.1. The van der Waals surface area contributed by atoms with Gasteiger partial charge in [-0.2, -0.15) is 0 Å². The molecule has 0 atom stereocenters. The van der Waals surface area contributed by atoms with Crippen molar-refractivity contribution in [1.29, 1.82) is 0 Å². The molecule has 3 aromatic rings. The van der Waals surface area contributed by atoms with Crippen LogP contribution >= 0.6 is 11.3 Å². The first-order valence-electron chi connectivity index (χ1n) is 5.13. The molecule has 0 saturated carbocycles. The van der Waals surface area contributed by atoms with Crippen LogP contribution in [0.3, 0.4) is 0 Å². The van der Waals surface area contributed by atoms with Crippen molar-refractivity contribution < 1.29 is 4.79 Å². The van der Waals surface area contributed by atoms with Gasteiger partial charge in [-0.05, 0) is 19.1 Å². The zero-order valence-electron chi connectivity index (χ0n) is 9.12. The standard InChI is InChI=1S/C12H9N3OS/c1-8-5-13-12(17-8)10-6-15-3-2-9(7-16)4-11(15)14-10/h2-7H,1H3. The lowest BCUT2D eigenvalue weighted by atomic mass is 10.3. The third kappa shape index (κ3) is 1.74. The van der Waals surface area contributed by atoms with Crippen molar-refractivity contribution in [3.63, 3.8) is 0 Å². The summed E-state index contributed by atoms with van der Waals surface area (Å²) in [5.74, 6) is 0. The van der Waals surface area contributed by atoms with Crippen molar-refractivity contribution in [2.75, 3.05) is 0 Å². The lowest BCUT2D eigenvalue weighted by Crippen LogP contribution is -1.85. The highest BCUT2D eigenvalue weighted by molar-refractivity contribution is 7.14. The molecule has 0 fully saturated rings. The Bertz CT molecular complexity index is 699. The van der Waals surface area contributed by atoms with Gasteiger partial charge in [0.1, 0.15) is 22.6 Å². The van der Waals surface area contributed by atoms with Crippen molar-refractivity contribution in [3.8, 4) is 10.7 Å². The SMILES string of the molecule is Cc1cnc(-c2cn3ccc(C=O)cc3n2)s1. The van der Waals surface area contributed by atoms with E-state index in [1.54, 1.807) is 23.5 Å². The molecule has 3 aromatic heterocycles. The molecule has 0 aliphatic carbocycles. The summed E-state index contributed by atoms with van der Waals surface area (Å²) in [5.41, 5.74) is 2.23. The summed E-state index contributed by atoms with van der Waals surface area (Å²) in [6, 6.07) is 3.52. The van der Waals surface area contributed by atoms with Gasteiger partial charge in [-0.15, -0.1) is 11.3 Å². The van der Waals surface area contributed by atoms with Crippen LogP contribution in [-0.2, 0) is 0 Å². The molecule has 0 saturated heterocycles. The monoisotopic (exact) mass is 243 g/mol. The Kier molecular flexibility index (Phi) is 2.26. The Morgan fingerprint density at radius 2 is 2.35 bits per heavy atom. The van der Waals surface area contributed by atoms with Crippen molar-refractivity contribution in [2.45, 2.75) is 6.92 Å². The van der Waals surface area contributed by atoms with Gasteiger partial charge in [0.25, 0.3) is 0 Å². The van der Waals surface area contributed by atoms with Crippen LogP contribution in [0, 0.1) is 6.92 Å². The van der Waals surface area contributed by atoms with Crippen LogP contribution in [0.5, 0.6) is 0 Å². The molecule has 3 heterocycles. The number of pyridine rings is 1. The summed E-state index contributed by atoms with van der Waals surface area (Å²) in [4.78, 5) is 20.6. The quantitative estimate of drug-likeness (QED) is 0.650. The molecule has 0 amide bonds. The Morgan fingerprint density at radius 1 is 1.47 bits per heavy atom. The predicted octanol–water partition coefficient (Wildman–Crippen LogP) is 2.58. The van der Waals surface area contributed by atoms with Gasteiger partial charge >= 0.3 is 0 Å². The molecule has 0 aliphatic heterocycles. The molecule has 0 N–H and O–H groups in total. The molecule has 0 bridgehead atoms. The number of nitrogens with zero attached hydrogens (tertiary/aromatic N) is 3. The maximum Gasteiger partial charge on any atom is 0.150 e. The van der Waals surface area contributed by atoms with Gasteiger partial charge in [-0.1, -0.05) is 0 Å². The van der Waals surface area contributed by atoms with Gasteiger partial charge in [-0.3, -0.25) is 4.79 Å². The van der Waals surface area contributed by atoms with Gasteiger partial charge < -0.3 is 4.40 Å². The molecule has 17 heavy (non-hydrogen) atoms. The molecule has 0 aromatic carbocycles. The second-order valence-corrected chi connectivity index (χ2v) is 4.98. The fraction of sp³-hybridized carbons (Fsp3) is 0.0833. The topological polar surface area (TPSA) is 47.3 Å². The van der Waals surface area contributed by atoms with E-state index in [9.17, 15) is 4.79 Å². The number of hydrogen-bond donors (Lipinski definition) is 0. The van der Waals surface area contributed by atoms with E-state index in [0.717, 1.165) is 27.5 Å². The zero-order valence-corrected chi connectivity index (χ0v) is 9.94. The molecular weight excluding hydrogens is 234 g/mol. The number of aromatic nitrogens is 3. The molecule has 3 rings (SSSR count). The van der Waals surface area contributed by atoms with E-state index in [1.165, 1.54) is 0 Å². The van der Waals surface area contributed by atoms with Crippen LogP contribution in [0.15, 0.2) is 30.7 Å². The Labute approximate surface area is 102 Å². The van der Waals surface area contributed by atoms with Crippen LogP contribution in [0.25, 0.3) is 16.3 Å². The summed E-state index contributed by atoms with van der Waals surface area (Å²) >= 11 is 1.61. The molecule has 0 spiro atoms. The molecule has 0 aliphatic rings. The molecule has 5 heteroatoms. The Hall–Kier alpha value is -2.01. The maximum atomic E-state index is 10.7. The number of aldehydes is 1. The van der Waals surface area contributed by atoms with E-state index in [-0.39, 0.29) is 0 Å². The van der Waals surface area contributed by atoms with Gasteiger partial charge in [0.2, 0.25) is 0 Å². The molecular formula is C12H9N3OS. The largest absolute Gasteiger partial charge is 0.306 e. The lowest BCUT2D eigenvalue weighted by Gasteiger charge is -1.91. The fourth-order valence-electron chi connectivity index (χ4n) is 1.65. The lowest BCUT2D eigenvalue weighted by molar-refractivity contribution is 0.112. The van der Waals surface area contributed by atoms with Crippen molar-refractivity contribution in [1.82, 2.24) is 14.4 Å². The summed E-state index contributed by atoms with van der Waals surface area (Å²) in [5, 5.41) is 0.902. The van der Waals surface area contributed by atoms with E-state index in [2.05, 4.69) is 9.97 Å². The first-order valence-corrected chi connectivity index (χ1v) is 5.94. The predicted molar refractivity (Wildman–Crippen MR) is 66.4 cm³/mol. The molecule has 0 radical (unpaired) electrons. The zero-order chi connectivity index (χ0) is 11.8. The molecule has 84 valence electrons. The number of carbonyl (C=O) groups is 1. The average molecular weight is 243 g/mol. The fourth-order valence-corrected chi connectivity index (χ4v) is 2.37. The van der Waals surface area contributed by atoms with E-state index < -0.39 is 0 Å². The minimum atomic E-state index is 0.630. The highest BCUT2D eigenvalue weighted by Crippen LogP contribution is 2.24. The smallest absolute Gasteiger partial charge is 0.150 e. The van der Waals surface area contributed by atoms with Gasteiger partial charge in [0, 0.05) is 29.0 Å². The van der Waals surface area contributed by atoms with Crippen LogP contribution in [0.4, 0.5) is 0 Å². The minimum absolute atomic E-state index is 0.630. The first kappa shape index (κ1) is 10.2. The second kappa shape index (κ2) is 3.78. The van der Waals surface area contributed by atoms with Gasteiger partial charge in [0.05, 0.1) is 0 Å². The Morgan fingerprint density at radius 3 is 3.06 bits per heavy atom. The second-order valence-electron chi connectivity index (χ2n) is 3.75. The van der Waals surface area contributed by atoms with Gasteiger partial charge in [0.15, 0.2) is 0 Å². The van der Waals surface area contributed by atoms with E-state index >= 15 is 0 Å². The Balaban J connectivity index is 2.16. The third-order valence-electron chi connectivity index (χ3n) is 2.46. The molecule has 0 unspecified atom stereocenters. The van der Waals surface area contributed by atoms with Crippen LogP contribution < -0.4 is 0 Å². The summed E-state index contributed by atoms with van der Waals surface area (Å²) in [6.07, 6.45) is 6.40. The summed E-state index contributed by atoms with van der Waals surface area (Å²) < 4.78 is 1.89. The highest BCUT2D eigenvalue weighted by Gasteiger charge is 2.07. The number of carbonyl (C=O) groups excluding carboxylic acids is 1.